The standard InChI is InChI=1S/C14H29NO6P/c1-11(2)20-22(19,21-12(3)4)14(16,10-15(17)18)13-8-6-5-7-9-13/h11-13,16-17H,5-10H2,1-4H3/q-1/t14-/m1/s1. The highest BCUT2D eigenvalue weighted by atomic mass is 31.2. The topological polar surface area (TPSA) is 102 Å². The first-order valence-electron chi connectivity index (χ1n) is 7.93. The summed E-state index contributed by atoms with van der Waals surface area (Å²) >= 11 is 0. The summed E-state index contributed by atoms with van der Waals surface area (Å²) in [6, 6.07) is 0. The molecule has 0 aliphatic heterocycles. The minimum absolute atomic E-state index is 0.380. The molecule has 8 heteroatoms. The molecule has 2 N–H and O–H groups in total. The van der Waals surface area contributed by atoms with Gasteiger partial charge in [-0.1, -0.05) is 19.3 Å². The van der Waals surface area contributed by atoms with Gasteiger partial charge < -0.3 is 24.6 Å². The first kappa shape index (κ1) is 20.0. The molecule has 1 aliphatic carbocycles. The Balaban J connectivity index is 3.19. The lowest BCUT2D eigenvalue weighted by atomic mass is 9.85. The summed E-state index contributed by atoms with van der Waals surface area (Å²) in [7, 11) is -4.02. The number of hydrogen-bond acceptors (Lipinski definition) is 7. The van der Waals surface area contributed by atoms with Crippen molar-refractivity contribution in [3.8, 4) is 0 Å². The van der Waals surface area contributed by atoms with E-state index in [1.807, 2.05) is 0 Å². The summed E-state index contributed by atoms with van der Waals surface area (Å²) in [6.45, 7) is 6.03. The zero-order valence-electron chi connectivity index (χ0n) is 13.9. The molecule has 1 rings (SSSR count). The van der Waals surface area contributed by atoms with Gasteiger partial charge in [-0.05, 0) is 40.5 Å². The Morgan fingerprint density at radius 3 is 2.00 bits per heavy atom. The van der Waals surface area contributed by atoms with E-state index in [1.54, 1.807) is 27.7 Å². The predicted molar refractivity (Wildman–Crippen MR) is 83.4 cm³/mol. The quantitative estimate of drug-likeness (QED) is 0.516. The van der Waals surface area contributed by atoms with Crippen LogP contribution in [-0.2, 0) is 13.6 Å². The summed E-state index contributed by atoms with van der Waals surface area (Å²) in [4.78, 5) is 0. The molecular weight excluding hydrogens is 309 g/mol. The lowest BCUT2D eigenvalue weighted by Gasteiger charge is -2.45. The molecule has 0 spiro atoms. The number of hydrogen-bond donors (Lipinski definition) is 2. The molecule has 1 fully saturated rings. The SMILES string of the molecule is CC(C)OP(=O)(OC(C)C)[C@](O)(CN([O-])O)C1CCCCC1. The molecule has 1 saturated carbocycles. The smallest absolute Gasteiger partial charge is 0.364 e. The zero-order chi connectivity index (χ0) is 17.0. The first-order chi connectivity index (χ1) is 10.1. The molecule has 0 bridgehead atoms. The number of rotatable bonds is 8. The maximum Gasteiger partial charge on any atom is 0.364 e. The molecule has 132 valence electrons. The third-order valence-electron chi connectivity index (χ3n) is 3.80. The minimum Gasteiger partial charge on any atom is -0.762 e. The Bertz CT molecular complexity index is 370. The van der Waals surface area contributed by atoms with Gasteiger partial charge in [-0.3, -0.25) is 9.79 Å². The molecule has 0 aromatic heterocycles. The average Bonchev–Trinajstić information content (AvgIpc) is 2.36. The second-order valence-electron chi connectivity index (χ2n) is 6.53. The number of hydroxylamine groups is 2. The van der Waals surface area contributed by atoms with Crippen molar-refractivity contribution in [3.63, 3.8) is 0 Å². The van der Waals surface area contributed by atoms with Crippen LogP contribution in [0.1, 0.15) is 59.8 Å². The Morgan fingerprint density at radius 2 is 1.64 bits per heavy atom. The summed E-state index contributed by atoms with van der Waals surface area (Å²) in [6.07, 6.45) is 3.14. The molecule has 1 aliphatic rings. The van der Waals surface area contributed by atoms with Crippen molar-refractivity contribution in [2.24, 2.45) is 5.92 Å². The molecule has 0 amide bonds. The Morgan fingerprint density at radius 1 is 1.18 bits per heavy atom. The zero-order valence-corrected chi connectivity index (χ0v) is 14.8. The fraction of sp³-hybridized carbons (Fsp3) is 1.00. The van der Waals surface area contributed by atoms with Crippen molar-refractivity contribution in [2.75, 3.05) is 6.54 Å². The molecule has 0 radical (unpaired) electrons. The molecule has 1 atom stereocenters. The maximum atomic E-state index is 13.3. The van der Waals surface area contributed by atoms with Gasteiger partial charge in [-0.25, -0.2) is 0 Å². The van der Waals surface area contributed by atoms with Crippen LogP contribution in [0.25, 0.3) is 0 Å². The van der Waals surface area contributed by atoms with E-state index in [2.05, 4.69) is 0 Å². The summed E-state index contributed by atoms with van der Waals surface area (Å²) in [5, 5.41) is 29.0. The Hall–Kier alpha value is -0.0100. The predicted octanol–water partition coefficient (Wildman–Crippen LogP) is 3.49. The summed E-state index contributed by atoms with van der Waals surface area (Å²) in [5.74, 6) is -0.409. The monoisotopic (exact) mass is 338 g/mol. The van der Waals surface area contributed by atoms with E-state index in [-0.39, 0.29) is 5.23 Å². The van der Waals surface area contributed by atoms with Gasteiger partial charge in [0.25, 0.3) is 0 Å². The number of aliphatic hydroxyl groups is 1. The van der Waals surface area contributed by atoms with E-state index >= 15 is 0 Å². The van der Waals surface area contributed by atoms with Gasteiger partial charge in [-0.2, -0.15) is 0 Å². The van der Waals surface area contributed by atoms with Crippen molar-refractivity contribution in [3.05, 3.63) is 5.21 Å². The van der Waals surface area contributed by atoms with Crippen LogP contribution in [-0.4, -0.2) is 39.6 Å². The van der Waals surface area contributed by atoms with Crippen LogP contribution >= 0.6 is 7.60 Å². The van der Waals surface area contributed by atoms with Gasteiger partial charge in [-0.15, -0.1) is 0 Å². The molecular formula is C14H29NO6P-. The second-order valence-corrected chi connectivity index (χ2v) is 8.72. The Labute approximate surface area is 132 Å². The average molecular weight is 338 g/mol. The van der Waals surface area contributed by atoms with Crippen LogP contribution in [0.5, 0.6) is 0 Å². The molecule has 22 heavy (non-hydrogen) atoms. The van der Waals surface area contributed by atoms with Crippen molar-refractivity contribution in [2.45, 2.75) is 77.3 Å². The molecule has 0 aromatic rings. The van der Waals surface area contributed by atoms with Gasteiger partial charge in [0.15, 0.2) is 5.34 Å². The highest BCUT2D eigenvalue weighted by molar-refractivity contribution is 7.55. The fourth-order valence-corrected chi connectivity index (χ4v) is 5.49. The van der Waals surface area contributed by atoms with Gasteiger partial charge >= 0.3 is 7.60 Å². The van der Waals surface area contributed by atoms with E-state index in [1.165, 1.54) is 0 Å². The fourth-order valence-electron chi connectivity index (χ4n) is 2.97. The summed E-state index contributed by atoms with van der Waals surface area (Å²) in [5.41, 5.74) is 0. The van der Waals surface area contributed by atoms with Crippen molar-refractivity contribution >= 4 is 7.60 Å². The lowest BCUT2D eigenvalue weighted by Crippen LogP contribution is -2.48. The maximum absolute atomic E-state index is 13.3. The van der Waals surface area contributed by atoms with Crippen LogP contribution in [0.4, 0.5) is 0 Å². The van der Waals surface area contributed by atoms with E-state index in [4.69, 9.17) is 14.3 Å². The third kappa shape index (κ3) is 4.99. The van der Waals surface area contributed by atoms with E-state index in [9.17, 15) is 14.9 Å². The summed E-state index contributed by atoms with van der Waals surface area (Å²) < 4.78 is 24.3. The molecule has 7 nitrogen and oxygen atoms in total. The van der Waals surface area contributed by atoms with Crippen LogP contribution < -0.4 is 0 Å². The Kier molecular flexibility index (Phi) is 7.46. The van der Waals surface area contributed by atoms with E-state index < -0.39 is 37.6 Å². The molecule has 0 saturated heterocycles. The van der Waals surface area contributed by atoms with Crippen LogP contribution in [0.15, 0.2) is 0 Å². The van der Waals surface area contributed by atoms with E-state index in [0.717, 1.165) is 19.3 Å². The highest BCUT2D eigenvalue weighted by Gasteiger charge is 2.56. The van der Waals surface area contributed by atoms with Gasteiger partial charge in [0.1, 0.15) is 0 Å². The lowest BCUT2D eigenvalue weighted by molar-refractivity contribution is -0.109. The molecule has 0 heterocycles. The van der Waals surface area contributed by atoms with Crippen LogP contribution in [0, 0.1) is 11.1 Å². The van der Waals surface area contributed by atoms with Gasteiger partial charge in [0, 0.05) is 5.92 Å². The van der Waals surface area contributed by atoms with Crippen molar-refractivity contribution in [1.82, 2.24) is 5.23 Å². The van der Waals surface area contributed by atoms with Crippen molar-refractivity contribution in [1.29, 1.82) is 0 Å². The number of nitrogens with zero attached hydrogens (tertiary/aromatic N) is 1. The van der Waals surface area contributed by atoms with Gasteiger partial charge in [0.05, 0.1) is 18.8 Å². The third-order valence-corrected chi connectivity index (χ3v) is 6.65. The van der Waals surface area contributed by atoms with Crippen LogP contribution in [0.2, 0.25) is 0 Å². The van der Waals surface area contributed by atoms with Crippen LogP contribution in [0.3, 0.4) is 0 Å². The van der Waals surface area contributed by atoms with Gasteiger partial charge in [0.2, 0.25) is 0 Å². The highest BCUT2D eigenvalue weighted by Crippen LogP contribution is 2.65. The molecule has 0 unspecified atom stereocenters. The molecule has 0 aromatic carbocycles. The second kappa shape index (κ2) is 8.20. The normalized spacial score (nSPS) is 20.8. The minimum atomic E-state index is -4.02. The van der Waals surface area contributed by atoms with Crippen molar-refractivity contribution < 1.29 is 23.9 Å². The van der Waals surface area contributed by atoms with E-state index in [0.29, 0.717) is 12.8 Å². The first-order valence-corrected chi connectivity index (χ1v) is 9.48. The largest absolute Gasteiger partial charge is 0.762 e.